The van der Waals surface area contributed by atoms with Crippen molar-refractivity contribution in [1.29, 1.82) is 0 Å². The average Bonchev–Trinajstić information content (AvgIpc) is 2.48. The monoisotopic (exact) mass is 333 g/mol. The molecule has 3 nitrogen and oxygen atoms in total. The highest BCUT2D eigenvalue weighted by molar-refractivity contribution is 9.10. The molecule has 20 heavy (non-hydrogen) atoms. The fourth-order valence-electron chi connectivity index (χ4n) is 2.45. The van der Waals surface area contributed by atoms with E-state index in [9.17, 15) is 0 Å². The highest BCUT2D eigenvalue weighted by Gasteiger charge is 2.17. The van der Waals surface area contributed by atoms with Crippen LogP contribution in [0.1, 0.15) is 17.2 Å². The third-order valence-electron chi connectivity index (χ3n) is 3.37. The first-order valence-corrected chi connectivity index (χ1v) is 7.39. The SMILES string of the molecule is CNC(c1cccc(Br)c1)c1ccc2c(c1)OCCO2. The zero-order valence-corrected chi connectivity index (χ0v) is 12.8. The Morgan fingerprint density at radius 2 is 1.75 bits per heavy atom. The van der Waals surface area contributed by atoms with Gasteiger partial charge < -0.3 is 14.8 Å². The minimum atomic E-state index is 0.128. The Hall–Kier alpha value is -1.52. The van der Waals surface area contributed by atoms with Crippen LogP contribution >= 0.6 is 15.9 Å². The van der Waals surface area contributed by atoms with Gasteiger partial charge in [-0.15, -0.1) is 0 Å². The summed E-state index contributed by atoms with van der Waals surface area (Å²) in [6, 6.07) is 14.5. The Kier molecular flexibility index (Phi) is 3.94. The van der Waals surface area contributed by atoms with E-state index in [1.807, 2.05) is 25.2 Å². The molecule has 0 fully saturated rings. The molecule has 104 valence electrons. The van der Waals surface area contributed by atoms with Crippen LogP contribution in [0.2, 0.25) is 0 Å². The van der Waals surface area contributed by atoms with E-state index in [0.29, 0.717) is 13.2 Å². The molecule has 0 saturated carbocycles. The van der Waals surface area contributed by atoms with Gasteiger partial charge in [-0.3, -0.25) is 0 Å². The summed E-state index contributed by atoms with van der Waals surface area (Å²) in [6.07, 6.45) is 0. The van der Waals surface area contributed by atoms with E-state index in [0.717, 1.165) is 21.5 Å². The molecular weight excluding hydrogens is 318 g/mol. The lowest BCUT2D eigenvalue weighted by Crippen LogP contribution is -2.19. The summed E-state index contributed by atoms with van der Waals surface area (Å²) < 4.78 is 12.3. The van der Waals surface area contributed by atoms with Crippen molar-refractivity contribution >= 4 is 15.9 Å². The number of nitrogens with one attached hydrogen (secondary N) is 1. The van der Waals surface area contributed by atoms with Crippen molar-refractivity contribution < 1.29 is 9.47 Å². The van der Waals surface area contributed by atoms with Gasteiger partial charge in [0.1, 0.15) is 13.2 Å². The van der Waals surface area contributed by atoms with Gasteiger partial charge in [0.2, 0.25) is 0 Å². The van der Waals surface area contributed by atoms with Crippen LogP contribution in [0, 0.1) is 0 Å². The number of rotatable bonds is 3. The first-order chi connectivity index (χ1) is 9.78. The number of halogens is 1. The maximum absolute atomic E-state index is 5.66. The lowest BCUT2D eigenvalue weighted by Gasteiger charge is -2.22. The zero-order valence-electron chi connectivity index (χ0n) is 11.2. The normalized spacial score (nSPS) is 14.9. The predicted molar refractivity (Wildman–Crippen MR) is 82.5 cm³/mol. The van der Waals surface area contributed by atoms with Gasteiger partial charge in [0.25, 0.3) is 0 Å². The average molecular weight is 334 g/mol. The number of hydrogen-bond donors (Lipinski definition) is 1. The number of benzene rings is 2. The number of fused-ring (bicyclic) bond motifs is 1. The van der Waals surface area contributed by atoms with E-state index >= 15 is 0 Å². The van der Waals surface area contributed by atoms with Gasteiger partial charge in [-0.2, -0.15) is 0 Å². The molecule has 0 aliphatic carbocycles. The molecule has 1 atom stereocenters. The van der Waals surface area contributed by atoms with Gasteiger partial charge in [-0.25, -0.2) is 0 Å². The first-order valence-electron chi connectivity index (χ1n) is 6.60. The summed E-state index contributed by atoms with van der Waals surface area (Å²) in [5, 5.41) is 3.35. The van der Waals surface area contributed by atoms with Gasteiger partial charge in [-0.05, 0) is 42.4 Å². The maximum Gasteiger partial charge on any atom is 0.161 e. The van der Waals surface area contributed by atoms with Gasteiger partial charge in [0, 0.05) is 4.47 Å². The summed E-state index contributed by atoms with van der Waals surface area (Å²) >= 11 is 3.52. The molecule has 0 radical (unpaired) electrons. The van der Waals surface area contributed by atoms with Gasteiger partial charge >= 0.3 is 0 Å². The van der Waals surface area contributed by atoms with Crippen molar-refractivity contribution in [3.8, 4) is 11.5 Å². The van der Waals surface area contributed by atoms with Crippen LogP contribution in [0.15, 0.2) is 46.9 Å². The minimum absolute atomic E-state index is 0.128. The van der Waals surface area contributed by atoms with E-state index in [1.165, 1.54) is 5.56 Å². The second kappa shape index (κ2) is 5.85. The van der Waals surface area contributed by atoms with Crippen LogP contribution in [0.5, 0.6) is 11.5 Å². The molecule has 0 aromatic heterocycles. The molecule has 1 N–H and O–H groups in total. The summed E-state index contributed by atoms with van der Waals surface area (Å²) in [6.45, 7) is 1.23. The topological polar surface area (TPSA) is 30.5 Å². The van der Waals surface area contributed by atoms with Crippen molar-refractivity contribution in [2.24, 2.45) is 0 Å². The molecule has 0 amide bonds. The molecule has 2 aromatic rings. The lowest BCUT2D eigenvalue weighted by atomic mass is 9.98. The van der Waals surface area contributed by atoms with Gasteiger partial charge in [0.15, 0.2) is 11.5 Å². The highest BCUT2D eigenvalue weighted by atomic mass is 79.9. The molecule has 1 aliphatic rings. The van der Waals surface area contributed by atoms with E-state index in [-0.39, 0.29) is 6.04 Å². The molecule has 1 aliphatic heterocycles. The maximum atomic E-state index is 5.66. The summed E-state index contributed by atoms with van der Waals surface area (Å²) in [4.78, 5) is 0. The minimum Gasteiger partial charge on any atom is -0.486 e. The van der Waals surface area contributed by atoms with E-state index in [2.05, 4.69) is 45.5 Å². The number of ether oxygens (including phenoxy) is 2. The molecule has 0 saturated heterocycles. The quantitative estimate of drug-likeness (QED) is 0.932. The van der Waals surface area contributed by atoms with Crippen molar-refractivity contribution in [2.75, 3.05) is 20.3 Å². The summed E-state index contributed by atoms with van der Waals surface area (Å²) in [5.41, 5.74) is 2.37. The number of hydrogen-bond acceptors (Lipinski definition) is 3. The Morgan fingerprint density at radius 1 is 1.00 bits per heavy atom. The van der Waals surface area contributed by atoms with Crippen LogP contribution in [-0.2, 0) is 0 Å². The van der Waals surface area contributed by atoms with Crippen LogP contribution in [-0.4, -0.2) is 20.3 Å². The Bertz CT molecular complexity index is 615. The molecule has 3 rings (SSSR count). The van der Waals surface area contributed by atoms with Crippen molar-refractivity contribution in [1.82, 2.24) is 5.32 Å². The largest absolute Gasteiger partial charge is 0.486 e. The third kappa shape index (κ3) is 2.67. The van der Waals surface area contributed by atoms with E-state index < -0.39 is 0 Å². The lowest BCUT2D eigenvalue weighted by molar-refractivity contribution is 0.171. The highest BCUT2D eigenvalue weighted by Crippen LogP contribution is 2.34. The second-order valence-electron chi connectivity index (χ2n) is 4.68. The van der Waals surface area contributed by atoms with Crippen molar-refractivity contribution in [3.63, 3.8) is 0 Å². The molecular formula is C16H16BrNO2. The zero-order chi connectivity index (χ0) is 13.9. The van der Waals surface area contributed by atoms with Crippen LogP contribution in [0.4, 0.5) is 0 Å². The first kappa shape index (κ1) is 13.5. The standard InChI is InChI=1S/C16H16BrNO2/c1-18-16(11-3-2-4-13(17)9-11)12-5-6-14-15(10-12)20-8-7-19-14/h2-6,9-10,16,18H,7-8H2,1H3. The van der Waals surface area contributed by atoms with E-state index in [4.69, 9.17) is 9.47 Å². The molecule has 1 unspecified atom stereocenters. The third-order valence-corrected chi connectivity index (χ3v) is 3.86. The van der Waals surface area contributed by atoms with E-state index in [1.54, 1.807) is 0 Å². The second-order valence-corrected chi connectivity index (χ2v) is 5.60. The molecule has 1 heterocycles. The smallest absolute Gasteiger partial charge is 0.161 e. The Morgan fingerprint density at radius 3 is 2.50 bits per heavy atom. The van der Waals surface area contributed by atoms with Crippen LogP contribution in [0.25, 0.3) is 0 Å². The Labute approximate surface area is 127 Å². The van der Waals surface area contributed by atoms with Crippen LogP contribution < -0.4 is 14.8 Å². The molecule has 0 spiro atoms. The fourth-order valence-corrected chi connectivity index (χ4v) is 2.87. The summed E-state index contributed by atoms with van der Waals surface area (Å²) in [7, 11) is 1.96. The molecule has 0 bridgehead atoms. The summed E-state index contributed by atoms with van der Waals surface area (Å²) in [5.74, 6) is 1.65. The fraction of sp³-hybridized carbons (Fsp3) is 0.250. The predicted octanol–water partition coefficient (Wildman–Crippen LogP) is 3.53. The van der Waals surface area contributed by atoms with Crippen molar-refractivity contribution in [3.05, 3.63) is 58.1 Å². The molecule has 2 aromatic carbocycles. The van der Waals surface area contributed by atoms with Gasteiger partial charge in [-0.1, -0.05) is 34.1 Å². The van der Waals surface area contributed by atoms with Crippen LogP contribution in [0.3, 0.4) is 0 Å². The van der Waals surface area contributed by atoms with Crippen molar-refractivity contribution in [2.45, 2.75) is 6.04 Å². The van der Waals surface area contributed by atoms with Gasteiger partial charge in [0.05, 0.1) is 6.04 Å². The molecule has 4 heteroatoms. The Balaban J connectivity index is 1.97.